The Morgan fingerprint density at radius 2 is 2.07 bits per heavy atom. The van der Waals surface area contributed by atoms with Crippen LogP contribution < -0.4 is 5.32 Å². The van der Waals surface area contributed by atoms with Gasteiger partial charge >= 0.3 is 0 Å². The lowest BCUT2D eigenvalue weighted by atomic mass is 10.3. The summed E-state index contributed by atoms with van der Waals surface area (Å²) in [7, 11) is -3.61. The van der Waals surface area contributed by atoms with Gasteiger partial charge < -0.3 is 4.42 Å². The Bertz CT molecular complexity index is 1130. The van der Waals surface area contributed by atoms with Gasteiger partial charge in [0.1, 0.15) is 0 Å². The number of anilines is 1. The quantitative estimate of drug-likeness (QED) is 0.562. The topological polar surface area (TPSA) is 113 Å². The van der Waals surface area contributed by atoms with Crippen LogP contribution in [0.25, 0.3) is 0 Å². The molecule has 2 heterocycles. The van der Waals surface area contributed by atoms with Crippen molar-refractivity contribution in [3.8, 4) is 6.07 Å². The van der Waals surface area contributed by atoms with E-state index in [-0.39, 0.29) is 27.7 Å². The number of hydrogen-bond acceptors (Lipinski definition) is 8. The lowest BCUT2D eigenvalue weighted by Crippen LogP contribution is -2.14. The Balaban J connectivity index is 1.76. The van der Waals surface area contributed by atoms with Crippen molar-refractivity contribution in [2.75, 3.05) is 11.1 Å². The second kappa shape index (κ2) is 8.60. The van der Waals surface area contributed by atoms with Crippen LogP contribution in [-0.2, 0) is 15.6 Å². The Morgan fingerprint density at radius 3 is 2.79 bits per heavy atom. The molecule has 28 heavy (non-hydrogen) atoms. The molecule has 0 spiro atoms. The standard InChI is InChI=1S/C18H15N3O4S3/c1-12-17(26-10-8-19)27-18(20-12)21-16(22)15-13(7-9-25-15)11-28(23,24)14-5-3-2-4-6-14/h2-7,9H,10-11H2,1H3,(H,20,21,22). The fraction of sp³-hybridized carbons (Fsp3) is 0.167. The van der Waals surface area contributed by atoms with Crippen molar-refractivity contribution in [2.24, 2.45) is 0 Å². The van der Waals surface area contributed by atoms with Crippen LogP contribution in [0.2, 0.25) is 0 Å². The van der Waals surface area contributed by atoms with E-state index in [1.165, 1.54) is 47.6 Å². The van der Waals surface area contributed by atoms with Crippen molar-refractivity contribution < 1.29 is 17.6 Å². The number of furan rings is 1. The Kier molecular flexibility index (Phi) is 6.18. The molecular weight excluding hydrogens is 418 g/mol. The van der Waals surface area contributed by atoms with Gasteiger partial charge in [0.25, 0.3) is 5.91 Å². The van der Waals surface area contributed by atoms with Crippen molar-refractivity contribution in [3.63, 3.8) is 0 Å². The maximum atomic E-state index is 12.6. The summed E-state index contributed by atoms with van der Waals surface area (Å²) in [6.45, 7) is 1.79. The minimum atomic E-state index is -3.61. The summed E-state index contributed by atoms with van der Waals surface area (Å²) in [5, 5.41) is 11.7. The van der Waals surface area contributed by atoms with Crippen LogP contribution in [0.1, 0.15) is 21.8 Å². The molecule has 0 bridgehead atoms. The summed E-state index contributed by atoms with van der Waals surface area (Å²) in [5.41, 5.74) is 0.987. The first-order valence-corrected chi connectivity index (χ1v) is 11.5. The van der Waals surface area contributed by atoms with Gasteiger partial charge in [-0.2, -0.15) is 5.26 Å². The number of nitrogens with zero attached hydrogens (tertiary/aromatic N) is 2. The summed E-state index contributed by atoms with van der Waals surface area (Å²) < 4.78 is 31.2. The summed E-state index contributed by atoms with van der Waals surface area (Å²) in [4.78, 5) is 17.0. The largest absolute Gasteiger partial charge is 0.459 e. The number of hydrogen-bond donors (Lipinski definition) is 1. The fourth-order valence-electron chi connectivity index (χ4n) is 2.39. The smallest absolute Gasteiger partial charge is 0.293 e. The third-order valence-corrected chi connectivity index (χ3v) is 7.63. The second-order valence-corrected chi connectivity index (χ2v) is 9.87. The maximum absolute atomic E-state index is 12.6. The first-order chi connectivity index (χ1) is 13.4. The third kappa shape index (κ3) is 4.62. The minimum Gasteiger partial charge on any atom is -0.459 e. The molecule has 0 aliphatic heterocycles. The lowest BCUT2D eigenvalue weighted by molar-refractivity contribution is 0.0995. The number of amides is 1. The zero-order chi connectivity index (χ0) is 20.1. The van der Waals surface area contributed by atoms with Crippen molar-refractivity contribution >= 4 is 44.0 Å². The second-order valence-electron chi connectivity index (χ2n) is 5.64. The highest BCUT2D eigenvalue weighted by atomic mass is 32.2. The van der Waals surface area contributed by atoms with E-state index < -0.39 is 15.7 Å². The molecule has 0 unspecified atom stereocenters. The average molecular weight is 434 g/mol. The van der Waals surface area contributed by atoms with E-state index in [9.17, 15) is 13.2 Å². The minimum absolute atomic E-state index is 0.0708. The van der Waals surface area contributed by atoms with Gasteiger partial charge in [0, 0.05) is 5.56 Å². The molecule has 0 atom stereocenters. The highest BCUT2D eigenvalue weighted by molar-refractivity contribution is 8.01. The Hall–Kier alpha value is -2.61. The van der Waals surface area contributed by atoms with Crippen LogP contribution in [0, 0.1) is 18.3 Å². The molecule has 144 valence electrons. The number of rotatable bonds is 7. The van der Waals surface area contributed by atoms with E-state index >= 15 is 0 Å². The van der Waals surface area contributed by atoms with Gasteiger partial charge in [0.15, 0.2) is 20.7 Å². The van der Waals surface area contributed by atoms with Crippen LogP contribution >= 0.6 is 23.1 Å². The van der Waals surface area contributed by atoms with E-state index in [4.69, 9.17) is 9.68 Å². The number of nitriles is 1. The van der Waals surface area contributed by atoms with Gasteiger partial charge in [0.2, 0.25) is 0 Å². The van der Waals surface area contributed by atoms with Crippen LogP contribution in [0.4, 0.5) is 5.13 Å². The number of carbonyl (C=O) groups is 1. The van der Waals surface area contributed by atoms with Gasteiger partial charge in [-0.25, -0.2) is 13.4 Å². The highest BCUT2D eigenvalue weighted by Gasteiger charge is 2.23. The van der Waals surface area contributed by atoms with Crippen molar-refractivity contribution in [3.05, 3.63) is 59.7 Å². The molecule has 1 amide bonds. The Labute approximate surface area is 170 Å². The summed E-state index contributed by atoms with van der Waals surface area (Å²) >= 11 is 2.59. The van der Waals surface area contributed by atoms with E-state index in [2.05, 4.69) is 10.3 Å². The van der Waals surface area contributed by atoms with Crippen molar-refractivity contribution in [2.45, 2.75) is 21.8 Å². The molecule has 10 heteroatoms. The van der Waals surface area contributed by atoms with Gasteiger partial charge in [0.05, 0.1) is 38.6 Å². The molecule has 0 saturated carbocycles. The van der Waals surface area contributed by atoms with Crippen molar-refractivity contribution in [1.29, 1.82) is 5.26 Å². The molecule has 7 nitrogen and oxygen atoms in total. The summed E-state index contributed by atoms with van der Waals surface area (Å²) in [6, 6.07) is 11.5. The third-order valence-electron chi connectivity index (χ3n) is 3.64. The molecule has 0 fully saturated rings. The molecule has 0 saturated heterocycles. The number of thioether (sulfide) groups is 1. The van der Waals surface area contributed by atoms with Gasteiger partial charge in [-0.05, 0) is 25.1 Å². The van der Waals surface area contributed by atoms with E-state index in [0.29, 0.717) is 10.8 Å². The molecule has 1 aromatic carbocycles. The first-order valence-electron chi connectivity index (χ1n) is 8.03. The molecule has 0 radical (unpaired) electrons. The van der Waals surface area contributed by atoms with Gasteiger partial charge in [-0.3, -0.25) is 10.1 Å². The van der Waals surface area contributed by atoms with Crippen LogP contribution in [0.3, 0.4) is 0 Å². The number of aryl methyl sites for hydroxylation is 1. The van der Waals surface area contributed by atoms with Crippen LogP contribution in [-0.4, -0.2) is 25.1 Å². The van der Waals surface area contributed by atoms with E-state index in [1.807, 2.05) is 6.07 Å². The van der Waals surface area contributed by atoms with Crippen molar-refractivity contribution in [1.82, 2.24) is 4.98 Å². The number of aromatic nitrogens is 1. The van der Waals surface area contributed by atoms with E-state index in [0.717, 1.165) is 4.21 Å². The summed E-state index contributed by atoms with van der Waals surface area (Å²) in [5.74, 6) is -0.709. The molecule has 2 aromatic heterocycles. The maximum Gasteiger partial charge on any atom is 0.293 e. The van der Waals surface area contributed by atoms with Crippen LogP contribution in [0.15, 0.2) is 56.2 Å². The molecule has 0 aliphatic carbocycles. The number of sulfone groups is 1. The SMILES string of the molecule is Cc1nc(NC(=O)c2occc2CS(=O)(=O)c2ccccc2)sc1SCC#N. The zero-order valence-corrected chi connectivity index (χ0v) is 17.2. The summed E-state index contributed by atoms with van der Waals surface area (Å²) in [6.07, 6.45) is 1.28. The molecule has 3 aromatic rings. The van der Waals surface area contributed by atoms with Gasteiger partial charge in [-0.1, -0.05) is 41.3 Å². The predicted molar refractivity (Wildman–Crippen MR) is 107 cm³/mol. The fourth-order valence-corrected chi connectivity index (χ4v) is 5.56. The number of thiazole rings is 1. The zero-order valence-electron chi connectivity index (χ0n) is 14.7. The predicted octanol–water partition coefficient (Wildman–Crippen LogP) is 3.89. The molecular formula is C18H15N3O4S3. The highest BCUT2D eigenvalue weighted by Crippen LogP contribution is 2.32. The number of benzene rings is 1. The first kappa shape index (κ1) is 20.1. The van der Waals surface area contributed by atoms with E-state index in [1.54, 1.807) is 25.1 Å². The Morgan fingerprint density at radius 1 is 1.32 bits per heavy atom. The normalized spacial score (nSPS) is 11.1. The monoisotopic (exact) mass is 433 g/mol. The van der Waals surface area contributed by atoms with Gasteiger partial charge in [-0.15, -0.1) is 0 Å². The molecule has 0 aliphatic rings. The van der Waals surface area contributed by atoms with Crippen LogP contribution in [0.5, 0.6) is 0 Å². The molecule has 3 rings (SSSR count). The number of carbonyl (C=O) groups excluding carboxylic acids is 1. The molecule has 1 N–H and O–H groups in total. The lowest BCUT2D eigenvalue weighted by Gasteiger charge is -2.05. The number of nitrogens with one attached hydrogen (secondary N) is 1. The average Bonchev–Trinajstić information content (AvgIpc) is 3.26.